The van der Waals surface area contributed by atoms with Gasteiger partial charge in [-0.15, -0.1) is 0 Å². The highest BCUT2D eigenvalue weighted by Gasteiger charge is 2.17. The average Bonchev–Trinajstić information content (AvgIpc) is 2.70. The second-order valence-electron chi connectivity index (χ2n) is 6.34. The molecule has 1 amide bonds. The second-order valence-corrected chi connectivity index (χ2v) is 6.75. The van der Waals surface area contributed by atoms with Crippen molar-refractivity contribution in [2.75, 3.05) is 37.6 Å². The number of rotatable bonds is 6. The first-order valence-electron chi connectivity index (χ1n) is 8.92. The molecule has 1 saturated heterocycles. The number of hydrogen-bond acceptors (Lipinski definition) is 4. The fourth-order valence-electron chi connectivity index (χ4n) is 2.99. The molecule has 0 unspecified atom stereocenters. The van der Waals surface area contributed by atoms with Crippen molar-refractivity contribution >= 4 is 29.4 Å². The van der Waals surface area contributed by atoms with Crippen molar-refractivity contribution in [2.24, 2.45) is 5.10 Å². The molecule has 3 rings (SSSR count). The van der Waals surface area contributed by atoms with Gasteiger partial charge in [0, 0.05) is 50.4 Å². The van der Waals surface area contributed by atoms with Gasteiger partial charge in [-0.05, 0) is 24.3 Å². The summed E-state index contributed by atoms with van der Waals surface area (Å²) in [6, 6.07) is 14.7. The number of halogens is 2. The number of para-hydroxylation sites is 1. The van der Waals surface area contributed by atoms with Crippen LogP contribution < -0.4 is 10.3 Å². The van der Waals surface area contributed by atoms with Gasteiger partial charge in [-0.1, -0.05) is 35.9 Å². The molecular formula is C20H22ClFN4O. The first-order valence-corrected chi connectivity index (χ1v) is 9.29. The number of benzene rings is 2. The highest BCUT2D eigenvalue weighted by molar-refractivity contribution is 6.33. The molecule has 27 heavy (non-hydrogen) atoms. The molecule has 1 N–H and O–H groups in total. The van der Waals surface area contributed by atoms with Crippen LogP contribution in [0.1, 0.15) is 12.0 Å². The van der Waals surface area contributed by atoms with Gasteiger partial charge < -0.3 is 4.90 Å². The maximum absolute atomic E-state index is 13.6. The molecule has 7 heteroatoms. The standard InChI is InChI=1S/C20H22ClFN4O/c21-18-7-4-8-19(22)17(18)15-23-24-20(27)9-10-25-11-13-26(14-12-25)16-5-2-1-3-6-16/h1-8,15H,9-14H2,(H,24,27)/b23-15-. The molecule has 0 atom stereocenters. The molecule has 0 aromatic heterocycles. The number of hydrazone groups is 1. The average molecular weight is 389 g/mol. The van der Waals surface area contributed by atoms with Crippen molar-refractivity contribution in [3.05, 3.63) is 64.9 Å². The van der Waals surface area contributed by atoms with E-state index < -0.39 is 5.82 Å². The van der Waals surface area contributed by atoms with Crippen LogP contribution in [-0.4, -0.2) is 49.7 Å². The molecular weight excluding hydrogens is 367 g/mol. The smallest absolute Gasteiger partial charge is 0.241 e. The molecule has 0 aliphatic carbocycles. The van der Waals surface area contributed by atoms with Gasteiger partial charge in [0.25, 0.3) is 0 Å². The van der Waals surface area contributed by atoms with Gasteiger partial charge in [0.05, 0.1) is 11.2 Å². The summed E-state index contributed by atoms with van der Waals surface area (Å²) in [6.07, 6.45) is 1.57. The summed E-state index contributed by atoms with van der Waals surface area (Å²) < 4.78 is 13.6. The molecule has 1 fully saturated rings. The van der Waals surface area contributed by atoms with Crippen LogP contribution in [0.3, 0.4) is 0 Å². The Morgan fingerprint density at radius 1 is 1.11 bits per heavy atom. The number of nitrogens with zero attached hydrogens (tertiary/aromatic N) is 3. The summed E-state index contributed by atoms with van der Waals surface area (Å²) in [5, 5.41) is 4.06. The molecule has 2 aromatic carbocycles. The molecule has 1 aliphatic heterocycles. The zero-order chi connectivity index (χ0) is 19.1. The van der Waals surface area contributed by atoms with Crippen molar-refractivity contribution in [3.63, 3.8) is 0 Å². The van der Waals surface area contributed by atoms with E-state index in [9.17, 15) is 9.18 Å². The Hall–Kier alpha value is -2.44. The lowest BCUT2D eigenvalue weighted by Crippen LogP contribution is -2.47. The van der Waals surface area contributed by atoms with E-state index in [4.69, 9.17) is 11.6 Å². The van der Waals surface area contributed by atoms with Crippen LogP contribution in [-0.2, 0) is 4.79 Å². The van der Waals surface area contributed by atoms with Crippen molar-refractivity contribution in [2.45, 2.75) is 6.42 Å². The number of carbonyl (C=O) groups is 1. The maximum Gasteiger partial charge on any atom is 0.241 e. The van der Waals surface area contributed by atoms with E-state index in [2.05, 4.69) is 32.5 Å². The minimum atomic E-state index is -0.475. The third-order valence-corrected chi connectivity index (χ3v) is 4.86. The molecule has 0 spiro atoms. The molecule has 142 valence electrons. The van der Waals surface area contributed by atoms with Crippen LogP contribution >= 0.6 is 11.6 Å². The Morgan fingerprint density at radius 2 is 1.85 bits per heavy atom. The lowest BCUT2D eigenvalue weighted by atomic mass is 10.2. The van der Waals surface area contributed by atoms with Gasteiger partial charge in [-0.2, -0.15) is 5.10 Å². The number of carbonyl (C=O) groups excluding carboxylic acids is 1. The quantitative estimate of drug-likeness (QED) is 0.611. The first kappa shape index (κ1) is 19.3. The Balaban J connectivity index is 1.39. The lowest BCUT2D eigenvalue weighted by Gasteiger charge is -2.36. The monoisotopic (exact) mass is 388 g/mol. The van der Waals surface area contributed by atoms with Gasteiger partial charge in [-0.3, -0.25) is 9.69 Å². The van der Waals surface area contributed by atoms with Gasteiger partial charge in [-0.25, -0.2) is 9.82 Å². The van der Waals surface area contributed by atoms with Crippen molar-refractivity contribution in [3.8, 4) is 0 Å². The Labute approximate surface area is 163 Å². The minimum absolute atomic E-state index is 0.163. The summed E-state index contributed by atoms with van der Waals surface area (Å²) in [6.45, 7) is 4.38. The van der Waals surface area contributed by atoms with E-state index in [0.29, 0.717) is 13.0 Å². The van der Waals surface area contributed by atoms with Crippen LogP contribution in [0, 0.1) is 5.82 Å². The van der Waals surface area contributed by atoms with Gasteiger partial charge in [0.15, 0.2) is 0 Å². The van der Waals surface area contributed by atoms with E-state index in [1.165, 1.54) is 24.0 Å². The zero-order valence-electron chi connectivity index (χ0n) is 14.9. The molecule has 2 aromatic rings. The van der Waals surface area contributed by atoms with Crippen LogP contribution in [0.2, 0.25) is 5.02 Å². The maximum atomic E-state index is 13.6. The number of nitrogens with one attached hydrogen (secondary N) is 1. The summed E-state index contributed by atoms with van der Waals surface area (Å²) in [5.74, 6) is -0.680. The third kappa shape index (κ3) is 5.52. The summed E-state index contributed by atoms with van der Waals surface area (Å²) in [7, 11) is 0. The lowest BCUT2D eigenvalue weighted by molar-refractivity contribution is -0.121. The molecule has 1 aliphatic rings. The number of hydrogen-bond donors (Lipinski definition) is 1. The van der Waals surface area contributed by atoms with E-state index >= 15 is 0 Å². The van der Waals surface area contributed by atoms with Gasteiger partial charge >= 0.3 is 0 Å². The van der Waals surface area contributed by atoms with E-state index in [1.54, 1.807) is 6.07 Å². The van der Waals surface area contributed by atoms with E-state index in [-0.39, 0.29) is 16.5 Å². The van der Waals surface area contributed by atoms with Crippen molar-refractivity contribution in [1.29, 1.82) is 0 Å². The Bertz CT molecular complexity index is 772. The summed E-state index contributed by atoms with van der Waals surface area (Å²) in [4.78, 5) is 16.5. The van der Waals surface area contributed by atoms with Crippen molar-refractivity contribution in [1.82, 2.24) is 10.3 Å². The predicted molar refractivity (Wildman–Crippen MR) is 107 cm³/mol. The van der Waals surface area contributed by atoms with Crippen LogP contribution in [0.15, 0.2) is 53.6 Å². The van der Waals surface area contributed by atoms with Crippen molar-refractivity contribution < 1.29 is 9.18 Å². The predicted octanol–water partition coefficient (Wildman–Crippen LogP) is 3.14. The second kappa shape index (κ2) is 9.48. The normalized spacial score (nSPS) is 15.3. The number of amides is 1. The SMILES string of the molecule is O=C(CCN1CCN(c2ccccc2)CC1)N/N=C\c1c(F)cccc1Cl. The van der Waals surface area contributed by atoms with Crippen LogP contribution in [0.4, 0.5) is 10.1 Å². The van der Waals surface area contributed by atoms with E-state index in [1.807, 2.05) is 18.2 Å². The van der Waals surface area contributed by atoms with Gasteiger partial charge in [0.1, 0.15) is 5.82 Å². The van der Waals surface area contributed by atoms with E-state index in [0.717, 1.165) is 26.2 Å². The zero-order valence-corrected chi connectivity index (χ0v) is 15.7. The molecule has 0 bridgehead atoms. The van der Waals surface area contributed by atoms with Gasteiger partial charge in [0.2, 0.25) is 5.91 Å². The molecule has 0 saturated carbocycles. The molecule has 5 nitrogen and oxygen atoms in total. The number of anilines is 1. The third-order valence-electron chi connectivity index (χ3n) is 4.53. The number of piperazine rings is 1. The Kier molecular flexibility index (Phi) is 6.79. The largest absolute Gasteiger partial charge is 0.369 e. The summed E-state index contributed by atoms with van der Waals surface area (Å²) >= 11 is 5.91. The van der Waals surface area contributed by atoms with Crippen LogP contribution in [0.5, 0.6) is 0 Å². The Morgan fingerprint density at radius 3 is 2.56 bits per heavy atom. The molecule has 1 heterocycles. The fourth-order valence-corrected chi connectivity index (χ4v) is 3.20. The highest BCUT2D eigenvalue weighted by atomic mass is 35.5. The molecule has 0 radical (unpaired) electrons. The topological polar surface area (TPSA) is 47.9 Å². The fraction of sp³-hybridized carbons (Fsp3) is 0.300. The minimum Gasteiger partial charge on any atom is -0.369 e. The van der Waals surface area contributed by atoms with Crippen LogP contribution in [0.25, 0.3) is 0 Å². The first-order chi connectivity index (χ1) is 13.1. The highest BCUT2D eigenvalue weighted by Crippen LogP contribution is 2.17. The summed E-state index contributed by atoms with van der Waals surface area (Å²) in [5.41, 5.74) is 3.82.